The van der Waals surface area contributed by atoms with Crippen molar-refractivity contribution in [2.45, 2.75) is 31.9 Å². The second-order valence-corrected chi connectivity index (χ2v) is 10.5. The fourth-order valence-corrected chi connectivity index (χ4v) is 5.53. The van der Waals surface area contributed by atoms with Gasteiger partial charge in [0.25, 0.3) is 11.5 Å². The second kappa shape index (κ2) is 10.4. The summed E-state index contributed by atoms with van der Waals surface area (Å²) < 4.78 is 1.58. The summed E-state index contributed by atoms with van der Waals surface area (Å²) in [6.45, 7) is 5.85. The van der Waals surface area contributed by atoms with Crippen LogP contribution in [0.1, 0.15) is 25.8 Å². The maximum Gasteiger partial charge on any atom is 0.329 e. The molecule has 1 amide bonds. The van der Waals surface area contributed by atoms with Gasteiger partial charge in [-0.3, -0.25) is 24.1 Å². The predicted octanol–water partition coefficient (Wildman–Crippen LogP) is 0.386. The van der Waals surface area contributed by atoms with E-state index in [-0.39, 0.29) is 17.3 Å². The van der Waals surface area contributed by atoms with Gasteiger partial charge in [-0.05, 0) is 38.9 Å². The van der Waals surface area contributed by atoms with E-state index in [9.17, 15) is 19.5 Å². The van der Waals surface area contributed by atoms with Crippen molar-refractivity contribution >= 4 is 33.8 Å². The molecule has 4 aromatic heterocycles. The lowest BCUT2D eigenvalue weighted by molar-refractivity contribution is -0.140. The number of fused-ring (bicyclic) bond motifs is 3. The number of nitrogens with one attached hydrogen (secondary N) is 1. The standard InChI is InChI=1S/C27H31N9O4/c1-16(37)25(39)34-7-5-18(6-8-34)36-23-19(24(38)32-27(36)40)15-28-21-4-3-20(31-22(21)23)17-13-29-26(30-14-17)35-11-9-33(2)10-12-35/h3-4,13-16,18,37H,5-12H2,1-2H3,(H,32,38,40)/t16-/m0/s1. The lowest BCUT2D eigenvalue weighted by Crippen LogP contribution is -2.45. The number of aromatic amines is 1. The van der Waals surface area contributed by atoms with Gasteiger partial charge in [-0.15, -0.1) is 0 Å². The van der Waals surface area contributed by atoms with E-state index in [1.807, 2.05) is 12.1 Å². The molecule has 0 spiro atoms. The van der Waals surface area contributed by atoms with Crippen molar-refractivity contribution < 1.29 is 9.90 Å². The molecule has 0 saturated carbocycles. The molecule has 6 heterocycles. The molecule has 0 aliphatic carbocycles. The zero-order chi connectivity index (χ0) is 28.0. The molecular weight excluding hydrogens is 514 g/mol. The van der Waals surface area contributed by atoms with E-state index in [4.69, 9.17) is 4.98 Å². The van der Waals surface area contributed by atoms with Gasteiger partial charge in [0.1, 0.15) is 11.6 Å². The molecule has 0 bridgehead atoms. The van der Waals surface area contributed by atoms with E-state index in [2.05, 4.69) is 36.8 Å². The predicted molar refractivity (Wildman–Crippen MR) is 149 cm³/mol. The van der Waals surface area contributed by atoms with Crippen LogP contribution >= 0.6 is 0 Å². The van der Waals surface area contributed by atoms with E-state index >= 15 is 0 Å². The molecule has 2 aliphatic rings. The third-order valence-corrected chi connectivity index (χ3v) is 7.83. The van der Waals surface area contributed by atoms with Crippen LogP contribution in [-0.2, 0) is 4.79 Å². The van der Waals surface area contributed by atoms with Gasteiger partial charge in [0.05, 0.1) is 22.1 Å². The van der Waals surface area contributed by atoms with Crippen LogP contribution in [-0.4, -0.2) is 103 Å². The zero-order valence-electron chi connectivity index (χ0n) is 22.4. The van der Waals surface area contributed by atoms with Gasteiger partial charge < -0.3 is 19.8 Å². The fourth-order valence-electron chi connectivity index (χ4n) is 5.53. The summed E-state index contributed by atoms with van der Waals surface area (Å²) in [5.41, 5.74) is 1.65. The van der Waals surface area contributed by atoms with Crippen LogP contribution in [0, 0.1) is 0 Å². The largest absolute Gasteiger partial charge is 0.384 e. The topological polar surface area (TPSA) is 153 Å². The number of carbonyl (C=O) groups is 1. The average Bonchev–Trinajstić information content (AvgIpc) is 2.97. The van der Waals surface area contributed by atoms with Crippen molar-refractivity contribution in [3.8, 4) is 11.3 Å². The number of likely N-dealkylation sites (N-methyl/N-ethyl adjacent to an activating group) is 1. The van der Waals surface area contributed by atoms with E-state index in [0.717, 1.165) is 26.2 Å². The number of aliphatic hydroxyl groups is 1. The molecule has 13 nitrogen and oxygen atoms in total. The number of aromatic nitrogens is 6. The number of amides is 1. The molecule has 4 aromatic rings. The van der Waals surface area contributed by atoms with Gasteiger partial charge in [0, 0.05) is 69.5 Å². The van der Waals surface area contributed by atoms with Crippen LogP contribution in [0.5, 0.6) is 0 Å². The maximum atomic E-state index is 13.2. The molecule has 2 fully saturated rings. The highest BCUT2D eigenvalue weighted by Gasteiger charge is 2.28. The highest BCUT2D eigenvalue weighted by atomic mass is 16.3. The van der Waals surface area contributed by atoms with Crippen LogP contribution < -0.4 is 16.1 Å². The van der Waals surface area contributed by atoms with E-state index in [0.29, 0.717) is 59.7 Å². The minimum atomic E-state index is -1.08. The number of piperazine rings is 1. The molecular formula is C27H31N9O4. The quantitative estimate of drug-likeness (QED) is 0.344. The molecule has 208 valence electrons. The van der Waals surface area contributed by atoms with Crippen molar-refractivity contribution in [3.63, 3.8) is 0 Å². The molecule has 1 atom stereocenters. The first kappa shape index (κ1) is 26.0. The van der Waals surface area contributed by atoms with Gasteiger partial charge >= 0.3 is 5.69 Å². The molecule has 13 heteroatoms. The van der Waals surface area contributed by atoms with E-state index < -0.39 is 17.4 Å². The van der Waals surface area contributed by atoms with Crippen LogP contribution in [0.3, 0.4) is 0 Å². The molecule has 2 saturated heterocycles. The Balaban J connectivity index is 1.39. The van der Waals surface area contributed by atoms with Crippen molar-refractivity contribution in [2.75, 3.05) is 51.2 Å². The highest BCUT2D eigenvalue weighted by Crippen LogP contribution is 2.29. The third kappa shape index (κ3) is 4.71. The summed E-state index contributed by atoms with van der Waals surface area (Å²) >= 11 is 0. The lowest BCUT2D eigenvalue weighted by Gasteiger charge is -2.34. The number of pyridine rings is 2. The van der Waals surface area contributed by atoms with Gasteiger partial charge in [0.15, 0.2) is 0 Å². The Kier molecular flexibility index (Phi) is 6.76. The third-order valence-electron chi connectivity index (χ3n) is 7.83. The Morgan fingerprint density at radius 3 is 2.38 bits per heavy atom. The van der Waals surface area contributed by atoms with Crippen molar-refractivity contribution in [2.24, 2.45) is 0 Å². The Morgan fingerprint density at radius 2 is 1.70 bits per heavy atom. The van der Waals surface area contributed by atoms with Gasteiger partial charge in [0.2, 0.25) is 5.95 Å². The molecule has 40 heavy (non-hydrogen) atoms. The van der Waals surface area contributed by atoms with Crippen LogP contribution in [0.2, 0.25) is 0 Å². The van der Waals surface area contributed by atoms with Crippen molar-refractivity contribution in [1.82, 2.24) is 39.3 Å². The monoisotopic (exact) mass is 545 g/mol. The summed E-state index contributed by atoms with van der Waals surface area (Å²) in [4.78, 5) is 65.2. The fraction of sp³-hybridized carbons (Fsp3) is 0.444. The SMILES string of the molecule is C[C@H](O)C(=O)N1CCC(n2c(=O)[nH]c(=O)c3cnc4ccc(-c5cnc(N6CCN(C)CC6)nc5)nc4c32)CC1. The van der Waals surface area contributed by atoms with E-state index in [1.165, 1.54) is 13.1 Å². The number of nitrogens with zero attached hydrogens (tertiary/aromatic N) is 8. The molecule has 0 aromatic carbocycles. The number of piperidine rings is 1. The highest BCUT2D eigenvalue weighted by molar-refractivity contribution is 6.01. The maximum absolute atomic E-state index is 13.2. The Hall–Kier alpha value is -4.23. The van der Waals surface area contributed by atoms with Crippen LogP contribution in [0.25, 0.3) is 33.2 Å². The van der Waals surface area contributed by atoms with Crippen molar-refractivity contribution in [3.05, 3.63) is 51.6 Å². The van der Waals surface area contributed by atoms with Gasteiger partial charge in [-0.1, -0.05) is 0 Å². The average molecular weight is 546 g/mol. The summed E-state index contributed by atoms with van der Waals surface area (Å²) in [7, 11) is 2.10. The lowest BCUT2D eigenvalue weighted by atomic mass is 10.0. The first-order valence-corrected chi connectivity index (χ1v) is 13.5. The minimum Gasteiger partial charge on any atom is -0.384 e. The normalized spacial score (nSPS) is 18.0. The molecule has 2 N–H and O–H groups in total. The van der Waals surface area contributed by atoms with Crippen LogP contribution in [0.15, 0.2) is 40.3 Å². The smallest absolute Gasteiger partial charge is 0.329 e. The van der Waals surface area contributed by atoms with Crippen molar-refractivity contribution in [1.29, 1.82) is 0 Å². The number of hydrogen-bond donors (Lipinski definition) is 2. The first-order valence-electron chi connectivity index (χ1n) is 13.5. The Bertz CT molecular complexity index is 1680. The minimum absolute atomic E-state index is 0.265. The molecule has 6 rings (SSSR count). The second-order valence-electron chi connectivity index (χ2n) is 10.5. The number of hydrogen-bond acceptors (Lipinski definition) is 10. The number of aliphatic hydroxyl groups excluding tert-OH is 1. The summed E-state index contributed by atoms with van der Waals surface area (Å²) in [6, 6.07) is 3.36. The summed E-state index contributed by atoms with van der Waals surface area (Å²) in [5.74, 6) is 0.337. The summed E-state index contributed by atoms with van der Waals surface area (Å²) in [5, 5.41) is 9.95. The van der Waals surface area contributed by atoms with E-state index in [1.54, 1.807) is 21.9 Å². The summed E-state index contributed by atoms with van der Waals surface area (Å²) in [6.07, 6.45) is 4.85. The number of carbonyl (C=O) groups excluding carboxylic acids is 1. The zero-order valence-corrected chi connectivity index (χ0v) is 22.4. The molecule has 2 aliphatic heterocycles. The first-order chi connectivity index (χ1) is 19.3. The number of anilines is 1. The Morgan fingerprint density at radius 1 is 1.00 bits per heavy atom. The number of rotatable bonds is 4. The van der Waals surface area contributed by atoms with Gasteiger partial charge in [-0.2, -0.15) is 0 Å². The Labute approximate surface area is 229 Å². The molecule has 0 unspecified atom stereocenters. The van der Waals surface area contributed by atoms with Gasteiger partial charge in [-0.25, -0.2) is 19.7 Å². The number of H-pyrrole nitrogens is 1. The van der Waals surface area contributed by atoms with Crippen LogP contribution in [0.4, 0.5) is 5.95 Å². The molecule has 0 radical (unpaired) electrons. The number of likely N-dealkylation sites (tertiary alicyclic amines) is 1.